The molecule has 124 valence electrons. The molecular weight excluding hydrogens is 333 g/mol. The quantitative estimate of drug-likeness (QED) is 0.920. The molecule has 0 saturated carbocycles. The maximum atomic E-state index is 11.6. The molecule has 3 rings (SSSR count). The number of rotatable bonds is 3. The molecule has 0 spiro atoms. The standard InChI is InChI=1S/C17H20ClN3O.ClH/c1-2-20-9-11-21(12-10-20)14-5-3-13(4-6-14)16-8-7-15(18)17(22)19-16;/h3-8H,2,9-12H2,1H3,(H,19,22);1H. The van der Waals surface area contributed by atoms with Gasteiger partial charge in [0.25, 0.3) is 5.56 Å². The van der Waals surface area contributed by atoms with E-state index in [1.165, 1.54) is 5.69 Å². The van der Waals surface area contributed by atoms with Crippen LogP contribution in [0.4, 0.5) is 5.69 Å². The maximum Gasteiger partial charge on any atom is 0.267 e. The normalized spacial score (nSPS) is 15.3. The highest BCUT2D eigenvalue weighted by Crippen LogP contribution is 2.22. The number of benzene rings is 1. The lowest BCUT2D eigenvalue weighted by Gasteiger charge is -2.35. The van der Waals surface area contributed by atoms with Crippen LogP contribution in [0.2, 0.25) is 5.02 Å². The molecule has 2 heterocycles. The van der Waals surface area contributed by atoms with Gasteiger partial charge in [0, 0.05) is 37.6 Å². The minimum absolute atomic E-state index is 0. The molecule has 4 nitrogen and oxygen atoms in total. The third-order valence-corrected chi connectivity index (χ3v) is 4.52. The van der Waals surface area contributed by atoms with Crippen LogP contribution in [0, 0.1) is 0 Å². The van der Waals surface area contributed by atoms with Gasteiger partial charge in [-0.15, -0.1) is 12.4 Å². The van der Waals surface area contributed by atoms with Crippen molar-refractivity contribution in [3.8, 4) is 11.3 Å². The first-order chi connectivity index (χ1) is 10.7. The number of hydrogen-bond donors (Lipinski definition) is 1. The van der Waals surface area contributed by atoms with Crippen LogP contribution in [0.15, 0.2) is 41.2 Å². The van der Waals surface area contributed by atoms with Crippen molar-refractivity contribution in [1.29, 1.82) is 0 Å². The molecular formula is C17H21Cl2N3O. The molecule has 1 aromatic carbocycles. The number of nitrogens with one attached hydrogen (secondary N) is 1. The Hall–Kier alpha value is -1.49. The second kappa shape index (κ2) is 7.86. The van der Waals surface area contributed by atoms with Crippen molar-refractivity contribution in [2.24, 2.45) is 0 Å². The summed E-state index contributed by atoms with van der Waals surface area (Å²) in [6, 6.07) is 11.8. The third kappa shape index (κ3) is 4.08. The summed E-state index contributed by atoms with van der Waals surface area (Å²) < 4.78 is 0. The second-order valence-corrected chi connectivity index (χ2v) is 5.92. The first-order valence-corrected chi connectivity index (χ1v) is 8.01. The van der Waals surface area contributed by atoms with Gasteiger partial charge in [-0.2, -0.15) is 0 Å². The molecule has 6 heteroatoms. The SMILES string of the molecule is CCN1CCN(c2ccc(-c3ccc(Cl)c(=O)[nH]3)cc2)CC1.Cl. The molecule has 1 aromatic heterocycles. The molecule has 1 aliphatic heterocycles. The molecule has 0 amide bonds. The predicted molar refractivity (Wildman–Crippen MR) is 99.1 cm³/mol. The fraction of sp³-hybridized carbons (Fsp3) is 0.353. The number of aromatic amines is 1. The van der Waals surface area contributed by atoms with Crippen molar-refractivity contribution >= 4 is 29.7 Å². The largest absolute Gasteiger partial charge is 0.369 e. The van der Waals surface area contributed by atoms with Crippen LogP contribution in [0.3, 0.4) is 0 Å². The maximum absolute atomic E-state index is 11.6. The highest BCUT2D eigenvalue weighted by molar-refractivity contribution is 6.30. The zero-order valence-electron chi connectivity index (χ0n) is 13.1. The van der Waals surface area contributed by atoms with Crippen molar-refractivity contribution in [3.63, 3.8) is 0 Å². The van der Waals surface area contributed by atoms with Crippen molar-refractivity contribution in [2.75, 3.05) is 37.6 Å². The molecule has 1 fully saturated rings. The Morgan fingerprint density at radius 3 is 2.26 bits per heavy atom. The van der Waals surface area contributed by atoms with E-state index in [2.05, 4.69) is 33.8 Å². The van der Waals surface area contributed by atoms with Gasteiger partial charge in [0.1, 0.15) is 5.02 Å². The van der Waals surface area contributed by atoms with Gasteiger partial charge in [-0.3, -0.25) is 4.79 Å². The van der Waals surface area contributed by atoms with Crippen molar-refractivity contribution < 1.29 is 0 Å². The number of H-pyrrole nitrogens is 1. The van der Waals surface area contributed by atoms with Crippen LogP contribution < -0.4 is 10.5 Å². The average molecular weight is 354 g/mol. The topological polar surface area (TPSA) is 39.3 Å². The number of hydrogen-bond acceptors (Lipinski definition) is 3. The summed E-state index contributed by atoms with van der Waals surface area (Å²) in [5.41, 5.74) is 2.76. The highest BCUT2D eigenvalue weighted by atomic mass is 35.5. The van der Waals surface area contributed by atoms with Crippen LogP contribution in [0.25, 0.3) is 11.3 Å². The second-order valence-electron chi connectivity index (χ2n) is 5.52. The van der Waals surface area contributed by atoms with E-state index < -0.39 is 0 Å². The Bertz CT molecular complexity index is 692. The van der Waals surface area contributed by atoms with Crippen LogP contribution in [-0.2, 0) is 0 Å². The molecule has 0 atom stereocenters. The van der Waals surface area contributed by atoms with Crippen LogP contribution in [-0.4, -0.2) is 42.6 Å². The van der Waals surface area contributed by atoms with Crippen molar-refractivity contribution in [2.45, 2.75) is 6.92 Å². The van der Waals surface area contributed by atoms with E-state index in [1.54, 1.807) is 6.07 Å². The highest BCUT2D eigenvalue weighted by Gasteiger charge is 2.15. The predicted octanol–water partition coefficient (Wildman–Crippen LogP) is 3.26. The minimum Gasteiger partial charge on any atom is -0.369 e. The lowest BCUT2D eigenvalue weighted by atomic mass is 10.1. The Morgan fingerprint density at radius 2 is 1.70 bits per heavy atom. The number of piperazine rings is 1. The van der Waals surface area contributed by atoms with E-state index in [4.69, 9.17) is 11.6 Å². The van der Waals surface area contributed by atoms with Gasteiger partial charge in [0.2, 0.25) is 0 Å². The smallest absolute Gasteiger partial charge is 0.267 e. The zero-order valence-corrected chi connectivity index (χ0v) is 14.7. The van der Waals surface area contributed by atoms with Crippen LogP contribution in [0.1, 0.15) is 6.92 Å². The Balaban J connectivity index is 0.00000192. The van der Waals surface area contributed by atoms with Crippen molar-refractivity contribution in [3.05, 3.63) is 51.8 Å². The molecule has 2 aromatic rings. The summed E-state index contributed by atoms with van der Waals surface area (Å²) >= 11 is 5.76. The number of nitrogens with zero attached hydrogens (tertiary/aromatic N) is 2. The average Bonchev–Trinajstić information content (AvgIpc) is 2.58. The molecule has 1 saturated heterocycles. The Morgan fingerprint density at radius 1 is 1.04 bits per heavy atom. The van der Waals surface area contributed by atoms with Gasteiger partial charge in [-0.25, -0.2) is 0 Å². The summed E-state index contributed by atoms with van der Waals surface area (Å²) in [6.07, 6.45) is 0. The molecule has 1 aliphatic rings. The van der Waals surface area contributed by atoms with E-state index in [9.17, 15) is 4.79 Å². The lowest BCUT2D eigenvalue weighted by molar-refractivity contribution is 0.271. The molecule has 23 heavy (non-hydrogen) atoms. The summed E-state index contributed by atoms with van der Waals surface area (Å²) in [6.45, 7) is 7.68. The first kappa shape index (κ1) is 17.9. The van der Waals surface area contributed by atoms with E-state index >= 15 is 0 Å². The monoisotopic (exact) mass is 353 g/mol. The van der Waals surface area contributed by atoms with Crippen molar-refractivity contribution in [1.82, 2.24) is 9.88 Å². The number of aromatic nitrogens is 1. The summed E-state index contributed by atoms with van der Waals surface area (Å²) in [7, 11) is 0. The Labute approximate surface area is 147 Å². The molecule has 0 aliphatic carbocycles. The molecule has 0 unspecified atom stereocenters. The number of pyridine rings is 1. The lowest BCUT2D eigenvalue weighted by Crippen LogP contribution is -2.46. The summed E-state index contributed by atoms with van der Waals surface area (Å²) in [4.78, 5) is 19.2. The van der Waals surface area contributed by atoms with Gasteiger partial charge >= 0.3 is 0 Å². The number of likely N-dealkylation sites (N-methyl/N-ethyl adjacent to an activating group) is 1. The van der Waals surface area contributed by atoms with E-state index in [1.807, 2.05) is 18.2 Å². The number of anilines is 1. The van der Waals surface area contributed by atoms with E-state index in [-0.39, 0.29) is 23.0 Å². The van der Waals surface area contributed by atoms with Crippen LogP contribution in [0.5, 0.6) is 0 Å². The zero-order chi connectivity index (χ0) is 15.5. The number of halogens is 2. The van der Waals surface area contributed by atoms with E-state index in [0.29, 0.717) is 0 Å². The fourth-order valence-corrected chi connectivity index (χ4v) is 2.91. The summed E-state index contributed by atoms with van der Waals surface area (Å²) in [5.74, 6) is 0. The van der Waals surface area contributed by atoms with Gasteiger partial charge in [-0.05, 0) is 36.4 Å². The van der Waals surface area contributed by atoms with Gasteiger partial charge in [0.15, 0.2) is 0 Å². The molecule has 1 N–H and O–H groups in total. The Kier molecular flexibility index (Phi) is 6.10. The van der Waals surface area contributed by atoms with Gasteiger partial charge < -0.3 is 14.8 Å². The van der Waals surface area contributed by atoms with E-state index in [0.717, 1.165) is 44.0 Å². The minimum atomic E-state index is -0.251. The van der Waals surface area contributed by atoms with Gasteiger partial charge in [-0.1, -0.05) is 30.7 Å². The fourth-order valence-electron chi connectivity index (χ4n) is 2.80. The third-order valence-electron chi connectivity index (χ3n) is 4.22. The summed E-state index contributed by atoms with van der Waals surface area (Å²) in [5, 5.41) is 0.217. The first-order valence-electron chi connectivity index (χ1n) is 7.64. The molecule has 0 radical (unpaired) electrons. The van der Waals surface area contributed by atoms with Crippen LogP contribution >= 0.6 is 24.0 Å². The van der Waals surface area contributed by atoms with Gasteiger partial charge in [0.05, 0.1) is 0 Å². The molecule has 0 bridgehead atoms.